The number of nitrogens with zero attached hydrogens (tertiary/aromatic N) is 1. The molecule has 4 heteroatoms. The number of aromatic amines is 1. The molecule has 0 bridgehead atoms. The van der Waals surface area contributed by atoms with E-state index in [2.05, 4.69) is 16.9 Å². The zero-order chi connectivity index (χ0) is 13.0. The molecule has 0 unspecified atom stereocenters. The maximum atomic E-state index is 9.84. The summed E-state index contributed by atoms with van der Waals surface area (Å²) >= 11 is 5.91. The molecule has 0 atom stereocenters. The summed E-state index contributed by atoms with van der Waals surface area (Å²) in [5, 5.41) is 11.4. The second-order valence-corrected chi connectivity index (χ2v) is 4.76. The third kappa shape index (κ3) is 2.85. The summed E-state index contributed by atoms with van der Waals surface area (Å²) < 4.78 is 0. The van der Waals surface area contributed by atoms with E-state index in [0.717, 1.165) is 29.4 Å². The molecule has 0 saturated heterocycles. The molecule has 3 nitrogen and oxygen atoms in total. The van der Waals surface area contributed by atoms with Gasteiger partial charge in [-0.05, 0) is 18.6 Å². The molecule has 0 radical (unpaired) electrons. The summed E-state index contributed by atoms with van der Waals surface area (Å²) in [5.41, 5.74) is 1.56. The highest BCUT2D eigenvalue weighted by atomic mass is 35.5. The lowest BCUT2D eigenvalue weighted by atomic mass is 10.2. The highest BCUT2D eigenvalue weighted by molar-refractivity contribution is 6.31. The lowest BCUT2D eigenvalue weighted by Crippen LogP contribution is -1.84. The molecular weight excluding hydrogens is 248 g/mol. The molecule has 0 aliphatic carbocycles. The Labute approximate surface area is 112 Å². The molecule has 1 aromatic carbocycles. The monoisotopic (exact) mass is 264 g/mol. The van der Waals surface area contributed by atoms with Crippen molar-refractivity contribution >= 4 is 28.7 Å². The number of halogens is 1. The number of unbranched alkanes of at least 4 members (excludes halogenated alkanes) is 2. The average molecular weight is 265 g/mol. The van der Waals surface area contributed by atoms with Gasteiger partial charge in [-0.2, -0.15) is 0 Å². The molecule has 0 fully saturated rings. The van der Waals surface area contributed by atoms with Crippen LogP contribution in [0.1, 0.15) is 31.7 Å². The molecule has 2 N–H and O–H groups in total. The molecule has 0 amide bonds. The summed E-state index contributed by atoms with van der Waals surface area (Å²) in [6, 6.07) is 5.50. The maximum absolute atomic E-state index is 9.84. The van der Waals surface area contributed by atoms with Crippen LogP contribution >= 0.6 is 11.6 Å². The summed E-state index contributed by atoms with van der Waals surface area (Å²) in [4.78, 5) is 7.25. The van der Waals surface area contributed by atoms with Gasteiger partial charge >= 0.3 is 0 Å². The van der Waals surface area contributed by atoms with Crippen molar-refractivity contribution in [1.29, 1.82) is 0 Å². The fraction of sp³-hybridized carbons (Fsp3) is 0.357. The molecule has 18 heavy (non-hydrogen) atoms. The van der Waals surface area contributed by atoms with E-state index in [-0.39, 0.29) is 5.88 Å². The lowest BCUT2D eigenvalue weighted by molar-refractivity contribution is 0.457. The number of hydrogen-bond donors (Lipinski definition) is 2. The summed E-state index contributed by atoms with van der Waals surface area (Å²) in [5.74, 6) is 0.145. The van der Waals surface area contributed by atoms with Crippen molar-refractivity contribution in [3.8, 4) is 5.88 Å². The minimum atomic E-state index is 0.145. The van der Waals surface area contributed by atoms with Gasteiger partial charge < -0.3 is 10.1 Å². The van der Waals surface area contributed by atoms with E-state index in [4.69, 9.17) is 11.6 Å². The predicted octanol–water partition coefficient (Wildman–Crippen LogP) is 4.14. The molecule has 96 valence electrons. The van der Waals surface area contributed by atoms with Gasteiger partial charge in [0.15, 0.2) is 5.88 Å². The zero-order valence-electron chi connectivity index (χ0n) is 10.4. The second kappa shape index (κ2) is 5.91. The minimum Gasteiger partial charge on any atom is -0.494 e. The van der Waals surface area contributed by atoms with Gasteiger partial charge in [0.05, 0.1) is 11.1 Å². The molecular formula is C14H17ClN2O. The van der Waals surface area contributed by atoms with Crippen molar-refractivity contribution in [3.63, 3.8) is 0 Å². The van der Waals surface area contributed by atoms with E-state index in [9.17, 15) is 5.11 Å². The largest absolute Gasteiger partial charge is 0.494 e. The molecule has 0 aliphatic rings. The molecule has 0 saturated carbocycles. The Balaban J connectivity index is 2.19. The minimum absolute atomic E-state index is 0.145. The molecule has 2 aromatic rings. The van der Waals surface area contributed by atoms with Crippen molar-refractivity contribution in [2.45, 2.75) is 26.2 Å². The quantitative estimate of drug-likeness (QED) is 0.619. The normalized spacial score (nSPS) is 11.7. The first-order chi connectivity index (χ1) is 8.72. The first kappa shape index (κ1) is 13.0. The van der Waals surface area contributed by atoms with Crippen molar-refractivity contribution in [2.75, 3.05) is 6.54 Å². The molecule has 1 aromatic heterocycles. The second-order valence-electron chi connectivity index (χ2n) is 4.32. The lowest BCUT2D eigenvalue weighted by Gasteiger charge is -1.94. The van der Waals surface area contributed by atoms with Crippen molar-refractivity contribution in [1.82, 2.24) is 4.98 Å². The van der Waals surface area contributed by atoms with Gasteiger partial charge in [-0.3, -0.25) is 4.99 Å². The van der Waals surface area contributed by atoms with Gasteiger partial charge in [0, 0.05) is 23.2 Å². The Morgan fingerprint density at radius 1 is 1.39 bits per heavy atom. The van der Waals surface area contributed by atoms with E-state index in [1.54, 1.807) is 12.3 Å². The first-order valence-electron chi connectivity index (χ1n) is 6.22. The third-order valence-electron chi connectivity index (χ3n) is 2.89. The summed E-state index contributed by atoms with van der Waals surface area (Å²) in [6.45, 7) is 2.96. The number of aromatic nitrogens is 1. The van der Waals surface area contributed by atoms with E-state index in [1.165, 1.54) is 12.8 Å². The molecule has 0 spiro atoms. The van der Waals surface area contributed by atoms with Crippen LogP contribution in [0, 0.1) is 0 Å². The Hall–Kier alpha value is -1.48. The van der Waals surface area contributed by atoms with Crippen LogP contribution in [-0.4, -0.2) is 22.8 Å². The number of aromatic hydroxyl groups is 1. The Morgan fingerprint density at radius 2 is 2.22 bits per heavy atom. The van der Waals surface area contributed by atoms with Crippen LogP contribution in [0.15, 0.2) is 23.2 Å². The van der Waals surface area contributed by atoms with Gasteiger partial charge in [0.25, 0.3) is 0 Å². The van der Waals surface area contributed by atoms with Gasteiger partial charge in [0.1, 0.15) is 0 Å². The molecule has 0 aliphatic heterocycles. The zero-order valence-corrected chi connectivity index (χ0v) is 11.2. The standard InChI is InChI=1S/C14H17ClN2O/c1-2-3-4-7-16-9-12-11-6-5-10(15)8-13(11)17-14(12)18/h5-6,8-9,17-18H,2-4,7H2,1H3. The van der Waals surface area contributed by atoms with Crippen LogP contribution in [0.4, 0.5) is 0 Å². The van der Waals surface area contributed by atoms with Gasteiger partial charge in [0.2, 0.25) is 0 Å². The van der Waals surface area contributed by atoms with Crippen molar-refractivity contribution < 1.29 is 5.11 Å². The van der Waals surface area contributed by atoms with Gasteiger partial charge in [-0.25, -0.2) is 0 Å². The Morgan fingerprint density at radius 3 is 3.00 bits per heavy atom. The topological polar surface area (TPSA) is 48.4 Å². The third-order valence-corrected chi connectivity index (χ3v) is 3.13. The number of aliphatic imine (C=N–C) groups is 1. The van der Waals surface area contributed by atoms with E-state index in [0.29, 0.717) is 5.02 Å². The van der Waals surface area contributed by atoms with Crippen LogP contribution in [0.3, 0.4) is 0 Å². The average Bonchev–Trinajstić information content (AvgIpc) is 2.64. The Bertz CT molecular complexity index is 560. The van der Waals surface area contributed by atoms with E-state index in [1.807, 2.05) is 12.1 Å². The number of nitrogens with one attached hydrogen (secondary N) is 1. The first-order valence-corrected chi connectivity index (χ1v) is 6.60. The van der Waals surface area contributed by atoms with Crippen LogP contribution < -0.4 is 0 Å². The Kier molecular flexibility index (Phi) is 4.26. The predicted molar refractivity (Wildman–Crippen MR) is 77.0 cm³/mol. The van der Waals surface area contributed by atoms with E-state index >= 15 is 0 Å². The van der Waals surface area contributed by atoms with Crippen molar-refractivity contribution in [2.24, 2.45) is 4.99 Å². The van der Waals surface area contributed by atoms with E-state index < -0.39 is 0 Å². The highest BCUT2D eigenvalue weighted by Crippen LogP contribution is 2.27. The SMILES string of the molecule is CCCCCN=Cc1c(O)[nH]c2cc(Cl)ccc12. The number of hydrogen-bond acceptors (Lipinski definition) is 2. The number of H-pyrrole nitrogens is 1. The summed E-state index contributed by atoms with van der Waals surface area (Å²) in [7, 11) is 0. The van der Waals surface area contributed by atoms with Crippen molar-refractivity contribution in [3.05, 3.63) is 28.8 Å². The molecule has 1 heterocycles. The van der Waals surface area contributed by atoms with Crippen LogP contribution in [0.5, 0.6) is 5.88 Å². The number of fused-ring (bicyclic) bond motifs is 1. The van der Waals surface area contributed by atoms with Gasteiger partial charge in [-0.1, -0.05) is 37.4 Å². The van der Waals surface area contributed by atoms with Crippen LogP contribution in [-0.2, 0) is 0 Å². The molecule has 2 rings (SSSR count). The highest BCUT2D eigenvalue weighted by Gasteiger charge is 2.08. The number of rotatable bonds is 5. The smallest absolute Gasteiger partial charge is 0.198 e. The van der Waals surface area contributed by atoms with Crippen LogP contribution in [0.2, 0.25) is 5.02 Å². The summed E-state index contributed by atoms with van der Waals surface area (Å²) in [6.07, 6.45) is 5.19. The van der Waals surface area contributed by atoms with Gasteiger partial charge in [-0.15, -0.1) is 0 Å². The van der Waals surface area contributed by atoms with Crippen LogP contribution in [0.25, 0.3) is 10.9 Å². The maximum Gasteiger partial charge on any atom is 0.198 e. The fourth-order valence-corrected chi connectivity index (χ4v) is 2.09. The number of benzene rings is 1. The fourth-order valence-electron chi connectivity index (χ4n) is 1.92.